The third-order valence-electron chi connectivity index (χ3n) is 5.68. The van der Waals surface area contributed by atoms with Crippen molar-refractivity contribution < 1.29 is 18.0 Å². The predicted octanol–water partition coefficient (Wildman–Crippen LogP) is 6.28. The van der Waals surface area contributed by atoms with Crippen LogP contribution in [-0.4, -0.2) is 43.3 Å². The van der Waals surface area contributed by atoms with Crippen LogP contribution in [0.25, 0.3) is 0 Å². The van der Waals surface area contributed by atoms with Crippen LogP contribution in [0.4, 0.5) is 5.69 Å². The largest absolute Gasteiger partial charge is 0.350 e. The van der Waals surface area contributed by atoms with Gasteiger partial charge in [-0.3, -0.25) is 13.9 Å². The maximum atomic E-state index is 13.9. The van der Waals surface area contributed by atoms with Gasteiger partial charge in [-0.1, -0.05) is 57.3 Å². The van der Waals surface area contributed by atoms with Crippen molar-refractivity contribution in [2.75, 3.05) is 10.8 Å². The third-order valence-corrected chi connectivity index (χ3v) is 8.45. The second kappa shape index (κ2) is 12.7. The zero-order valence-corrected chi connectivity index (χ0v) is 25.9. The minimum Gasteiger partial charge on any atom is -0.350 e. The fourth-order valence-electron chi connectivity index (χ4n) is 3.78. The molecule has 1 atom stereocenters. The molecule has 11 heteroatoms. The number of nitrogens with zero attached hydrogens (tertiary/aromatic N) is 2. The average Bonchev–Trinajstić information content (AvgIpc) is 2.84. The van der Waals surface area contributed by atoms with Gasteiger partial charge in [-0.15, -0.1) is 0 Å². The van der Waals surface area contributed by atoms with Gasteiger partial charge in [0.05, 0.1) is 10.6 Å². The summed E-state index contributed by atoms with van der Waals surface area (Å²) < 4.78 is 29.4. The van der Waals surface area contributed by atoms with E-state index in [9.17, 15) is 18.0 Å². The normalized spacial score (nSPS) is 12.5. The summed E-state index contributed by atoms with van der Waals surface area (Å²) in [5, 5.41) is 3.58. The Bertz CT molecular complexity index is 1440. The van der Waals surface area contributed by atoms with E-state index >= 15 is 0 Å². The minimum atomic E-state index is -4.21. The topological polar surface area (TPSA) is 86.8 Å². The molecule has 1 unspecified atom stereocenters. The van der Waals surface area contributed by atoms with E-state index in [1.165, 1.54) is 35.2 Å². The first kappa shape index (κ1) is 30.9. The molecular weight excluding hydrogens is 625 g/mol. The molecule has 0 aliphatic rings. The van der Waals surface area contributed by atoms with Gasteiger partial charge in [0, 0.05) is 26.6 Å². The van der Waals surface area contributed by atoms with Gasteiger partial charge in [0.2, 0.25) is 11.8 Å². The molecule has 0 radical (unpaired) electrons. The van der Waals surface area contributed by atoms with E-state index in [-0.39, 0.29) is 23.0 Å². The van der Waals surface area contributed by atoms with Crippen molar-refractivity contribution in [1.29, 1.82) is 0 Å². The van der Waals surface area contributed by atoms with Crippen molar-refractivity contribution in [2.45, 2.75) is 50.7 Å². The molecule has 0 spiro atoms. The average molecular weight is 655 g/mol. The molecule has 0 fully saturated rings. The molecule has 0 aliphatic carbocycles. The van der Waals surface area contributed by atoms with Gasteiger partial charge in [-0.2, -0.15) is 0 Å². The minimum absolute atomic E-state index is 0.0447. The molecule has 0 saturated carbocycles. The molecule has 1 N–H and O–H groups in total. The van der Waals surface area contributed by atoms with Crippen molar-refractivity contribution in [2.24, 2.45) is 0 Å². The van der Waals surface area contributed by atoms with Crippen molar-refractivity contribution >= 4 is 66.7 Å². The molecule has 7 nitrogen and oxygen atoms in total. The van der Waals surface area contributed by atoms with Crippen LogP contribution < -0.4 is 9.62 Å². The van der Waals surface area contributed by atoms with Crippen LogP contribution in [0.1, 0.15) is 33.3 Å². The van der Waals surface area contributed by atoms with Gasteiger partial charge < -0.3 is 10.2 Å². The van der Waals surface area contributed by atoms with E-state index in [2.05, 4.69) is 21.2 Å². The van der Waals surface area contributed by atoms with E-state index in [0.717, 1.165) is 14.3 Å². The number of hydrogen-bond donors (Lipinski definition) is 1. The van der Waals surface area contributed by atoms with Crippen LogP contribution in [-0.2, 0) is 26.2 Å². The number of hydrogen-bond acceptors (Lipinski definition) is 4. The Morgan fingerprint density at radius 2 is 1.59 bits per heavy atom. The monoisotopic (exact) mass is 653 g/mol. The van der Waals surface area contributed by atoms with Crippen LogP contribution >= 0.6 is 39.1 Å². The first-order valence-electron chi connectivity index (χ1n) is 12.1. The van der Waals surface area contributed by atoms with Crippen LogP contribution in [0, 0.1) is 0 Å². The molecule has 0 aliphatic heterocycles. The van der Waals surface area contributed by atoms with Crippen molar-refractivity contribution in [3.05, 3.63) is 92.9 Å². The van der Waals surface area contributed by atoms with Gasteiger partial charge in [-0.25, -0.2) is 8.42 Å². The maximum Gasteiger partial charge on any atom is 0.264 e. The smallest absolute Gasteiger partial charge is 0.264 e. The summed E-state index contributed by atoms with van der Waals surface area (Å²) in [7, 11) is -4.21. The molecule has 39 heavy (non-hydrogen) atoms. The van der Waals surface area contributed by atoms with Gasteiger partial charge in [-0.05, 0) is 87.9 Å². The zero-order chi connectivity index (χ0) is 29.0. The Morgan fingerprint density at radius 3 is 2.18 bits per heavy atom. The molecular formula is C28H30BrCl2N3O4S. The Labute approximate surface area is 248 Å². The molecule has 208 valence electrons. The predicted molar refractivity (Wildman–Crippen MR) is 159 cm³/mol. The molecule has 3 aromatic carbocycles. The number of carbonyl (C=O) groups excluding carboxylic acids is 2. The van der Waals surface area contributed by atoms with Gasteiger partial charge in [0.25, 0.3) is 10.0 Å². The van der Waals surface area contributed by atoms with E-state index in [4.69, 9.17) is 23.2 Å². The van der Waals surface area contributed by atoms with Crippen LogP contribution in [0.2, 0.25) is 10.0 Å². The highest BCUT2D eigenvalue weighted by molar-refractivity contribution is 9.10. The van der Waals surface area contributed by atoms with E-state index in [1.54, 1.807) is 25.1 Å². The first-order chi connectivity index (χ1) is 18.2. The van der Waals surface area contributed by atoms with Crippen molar-refractivity contribution in [3.63, 3.8) is 0 Å². The molecule has 0 aromatic heterocycles. The van der Waals surface area contributed by atoms with E-state index < -0.39 is 34.1 Å². The quantitative estimate of drug-likeness (QED) is 0.294. The standard InChI is InChI=1S/C28H30BrCl2N3O4S/c1-19(27(36)32-28(2,3)4)33(17-20-7-5-8-21(29)15-20)26(35)18-34(24-10-6-9-23(31)16-24)39(37,38)25-13-11-22(30)12-14-25/h5-16,19H,17-18H2,1-4H3,(H,32,36). The van der Waals surface area contributed by atoms with Crippen molar-refractivity contribution in [1.82, 2.24) is 10.2 Å². The summed E-state index contributed by atoms with van der Waals surface area (Å²) in [5.74, 6) is -0.926. The second-order valence-corrected chi connectivity index (χ2v) is 13.7. The number of halogens is 3. The molecule has 0 heterocycles. The Morgan fingerprint density at radius 1 is 0.949 bits per heavy atom. The lowest BCUT2D eigenvalue weighted by Crippen LogP contribution is -2.54. The van der Waals surface area contributed by atoms with Gasteiger partial charge in [0.15, 0.2) is 0 Å². The highest BCUT2D eigenvalue weighted by Crippen LogP contribution is 2.27. The fourth-order valence-corrected chi connectivity index (χ4v) is 5.95. The SMILES string of the molecule is CC(C(=O)NC(C)(C)C)N(Cc1cccc(Br)c1)C(=O)CN(c1cccc(Cl)c1)S(=O)(=O)c1ccc(Cl)cc1. The Balaban J connectivity index is 2.04. The second-order valence-electron chi connectivity index (χ2n) is 10.0. The number of anilines is 1. The van der Waals surface area contributed by atoms with Crippen molar-refractivity contribution in [3.8, 4) is 0 Å². The number of sulfonamides is 1. The fraction of sp³-hybridized carbons (Fsp3) is 0.286. The summed E-state index contributed by atoms with van der Waals surface area (Å²) in [6.07, 6.45) is 0. The summed E-state index contributed by atoms with van der Waals surface area (Å²) in [6.45, 7) is 6.68. The highest BCUT2D eigenvalue weighted by Gasteiger charge is 2.33. The lowest BCUT2D eigenvalue weighted by atomic mass is 10.1. The molecule has 0 bridgehead atoms. The molecule has 3 rings (SSSR count). The summed E-state index contributed by atoms with van der Waals surface area (Å²) in [6, 6.07) is 18.4. The zero-order valence-electron chi connectivity index (χ0n) is 22.0. The summed E-state index contributed by atoms with van der Waals surface area (Å²) in [4.78, 5) is 28.4. The first-order valence-corrected chi connectivity index (χ1v) is 15.1. The third kappa shape index (κ3) is 8.45. The highest BCUT2D eigenvalue weighted by atomic mass is 79.9. The van der Waals surface area contributed by atoms with E-state index in [1.807, 2.05) is 45.0 Å². The summed E-state index contributed by atoms with van der Waals surface area (Å²) in [5.41, 5.74) is 0.448. The van der Waals surface area contributed by atoms with Crippen LogP contribution in [0.5, 0.6) is 0 Å². The van der Waals surface area contributed by atoms with Gasteiger partial charge in [0.1, 0.15) is 12.6 Å². The lowest BCUT2D eigenvalue weighted by Gasteiger charge is -2.33. The van der Waals surface area contributed by atoms with Gasteiger partial charge >= 0.3 is 0 Å². The molecule has 2 amide bonds. The van der Waals surface area contributed by atoms with Crippen LogP contribution in [0.15, 0.2) is 82.2 Å². The maximum absolute atomic E-state index is 13.9. The molecule has 3 aromatic rings. The number of carbonyl (C=O) groups is 2. The van der Waals surface area contributed by atoms with Crippen LogP contribution in [0.3, 0.4) is 0 Å². The number of benzene rings is 3. The summed E-state index contributed by atoms with van der Waals surface area (Å²) >= 11 is 15.6. The number of rotatable bonds is 9. The Kier molecular flexibility index (Phi) is 10.1. The number of nitrogens with one attached hydrogen (secondary N) is 1. The van der Waals surface area contributed by atoms with E-state index in [0.29, 0.717) is 10.0 Å². The number of amides is 2. The Hall–Kier alpha value is -2.59. The molecule has 0 saturated heterocycles. The lowest BCUT2D eigenvalue weighted by molar-refractivity contribution is -0.140.